The van der Waals surface area contributed by atoms with Crippen molar-refractivity contribution >= 4 is 27.0 Å². The first kappa shape index (κ1) is 27.2. The molecule has 0 heterocycles. The third-order valence-electron chi connectivity index (χ3n) is 4.02. The van der Waals surface area contributed by atoms with Crippen LogP contribution in [0.4, 0.5) is 0 Å². The third kappa shape index (κ3) is 6.63. The van der Waals surface area contributed by atoms with Crippen molar-refractivity contribution in [3.63, 3.8) is 0 Å². The van der Waals surface area contributed by atoms with E-state index < -0.39 is 39.1 Å². The number of hydrogen-bond donors (Lipinski definition) is 0. The lowest BCUT2D eigenvalue weighted by Gasteiger charge is -2.37. The molecule has 0 rings (SSSR count). The lowest BCUT2D eigenvalue weighted by Crippen LogP contribution is -2.39. The highest BCUT2D eigenvalue weighted by Crippen LogP contribution is 2.69. The summed E-state index contributed by atoms with van der Waals surface area (Å²) in [7, 11) is -5.80. The Kier molecular flexibility index (Phi) is 11.3. The Morgan fingerprint density at radius 1 is 0.828 bits per heavy atom. The van der Waals surface area contributed by atoms with Gasteiger partial charge in [-0.25, -0.2) is 13.7 Å². The predicted molar refractivity (Wildman–Crippen MR) is 113 cm³/mol. The van der Waals surface area contributed by atoms with Crippen molar-refractivity contribution in [2.45, 2.75) is 25.9 Å². The monoisotopic (exact) mass is 448 g/mol. The van der Waals surface area contributed by atoms with Crippen molar-refractivity contribution in [3.05, 3.63) is 50.1 Å². The molecule has 0 aromatic rings. The molecule has 11 heteroatoms. The molecule has 0 amide bonds. The van der Waals surface area contributed by atoms with Crippen LogP contribution in [-0.4, -0.2) is 60.7 Å². The van der Waals surface area contributed by atoms with E-state index in [1.165, 1.54) is 40.2 Å². The standard InChI is InChI=1S/C18H30N2O7P2/c1-9-13-19(15(5)17(21)25-7)28(23,11-3)27-29(24,12-4)20(14-10-2)16(6)18(22)26-8/h9-12,15-16H,1-4,13-14H2,5-8H3/t15-,16-,28?,29?/m0/s1. The fraction of sp³-hybridized carbons (Fsp3) is 0.444. The number of methoxy groups -OCH3 is 2. The Labute approximate surface area is 172 Å². The summed E-state index contributed by atoms with van der Waals surface area (Å²) in [5, 5.41) is 0. The molecule has 2 unspecified atom stereocenters. The number of carbonyl (C=O) groups excluding carboxylic acids is 2. The molecule has 0 saturated carbocycles. The van der Waals surface area contributed by atoms with Gasteiger partial charge in [0.1, 0.15) is 12.1 Å². The highest BCUT2D eigenvalue weighted by atomic mass is 31.2. The van der Waals surface area contributed by atoms with Crippen LogP contribution in [0.5, 0.6) is 0 Å². The second-order valence-electron chi connectivity index (χ2n) is 5.79. The summed E-state index contributed by atoms with van der Waals surface area (Å²) >= 11 is 0. The quantitative estimate of drug-likeness (QED) is 0.223. The lowest BCUT2D eigenvalue weighted by atomic mass is 10.3. The summed E-state index contributed by atoms with van der Waals surface area (Å²) in [5.41, 5.74) is 0. The van der Waals surface area contributed by atoms with Crippen molar-refractivity contribution in [3.8, 4) is 0 Å². The van der Waals surface area contributed by atoms with Gasteiger partial charge in [0.15, 0.2) is 0 Å². The number of nitrogens with zero attached hydrogens (tertiary/aromatic N) is 2. The normalized spacial score (nSPS) is 17.3. The van der Waals surface area contributed by atoms with Crippen LogP contribution in [0.2, 0.25) is 0 Å². The fourth-order valence-corrected chi connectivity index (χ4v) is 7.30. The van der Waals surface area contributed by atoms with Crippen LogP contribution in [0, 0.1) is 0 Å². The summed E-state index contributed by atoms with van der Waals surface area (Å²) in [4.78, 5) is 24.0. The smallest absolute Gasteiger partial charge is 0.323 e. The number of carbonyl (C=O) groups is 2. The average Bonchev–Trinajstić information content (AvgIpc) is 2.73. The molecule has 0 radical (unpaired) electrons. The zero-order valence-electron chi connectivity index (χ0n) is 17.4. The molecule has 0 spiro atoms. The molecule has 0 fully saturated rings. The highest BCUT2D eigenvalue weighted by Gasteiger charge is 2.45. The minimum atomic E-state index is -4.08. The van der Waals surface area contributed by atoms with E-state index in [0.717, 1.165) is 21.0 Å². The maximum atomic E-state index is 13.6. The van der Waals surface area contributed by atoms with Gasteiger partial charge in [0, 0.05) is 24.7 Å². The molecule has 0 N–H and O–H groups in total. The van der Waals surface area contributed by atoms with Crippen molar-refractivity contribution < 1.29 is 32.5 Å². The minimum Gasteiger partial charge on any atom is -0.468 e. The largest absolute Gasteiger partial charge is 0.468 e. The van der Waals surface area contributed by atoms with Gasteiger partial charge in [0.05, 0.1) is 14.2 Å². The molecule has 0 aliphatic heterocycles. The molecule has 0 aliphatic rings. The molecular formula is C18H30N2O7P2. The maximum absolute atomic E-state index is 13.6. The van der Waals surface area contributed by atoms with Crippen molar-refractivity contribution in [1.29, 1.82) is 0 Å². The van der Waals surface area contributed by atoms with Gasteiger partial charge in [-0.15, -0.1) is 13.2 Å². The van der Waals surface area contributed by atoms with Crippen LogP contribution in [-0.2, 0) is 32.5 Å². The lowest BCUT2D eigenvalue weighted by molar-refractivity contribution is -0.145. The molecule has 0 saturated heterocycles. The van der Waals surface area contributed by atoms with E-state index in [1.807, 2.05) is 0 Å². The van der Waals surface area contributed by atoms with Crippen molar-refractivity contribution in [2.75, 3.05) is 27.3 Å². The molecule has 29 heavy (non-hydrogen) atoms. The first-order valence-electron chi connectivity index (χ1n) is 8.61. The summed E-state index contributed by atoms with van der Waals surface area (Å²) < 4.78 is 44.5. The van der Waals surface area contributed by atoms with Gasteiger partial charge in [-0.3, -0.25) is 18.7 Å². The van der Waals surface area contributed by atoms with Gasteiger partial charge in [-0.05, 0) is 13.8 Å². The molecular weight excluding hydrogens is 418 g/mol. The van der Waals surface area contributed by atoms with Crippen LogP contribution in [0.3, 0.4) is 0 Å². The number of hydrogen-bond acceptors (Lipinski definition) is 7. The van der Waals surface area contributed by atoms with Gasteiger partial charge in [0.25, 0.3) is 0 Å². The number of esters is 2. The molecule has 0 aromatic carbocycles. The number of rotatable bonds is 14. The molecule has 164 valence electrons. The molecule has 0 aliphatic carbocycles. The van der Waals surface area contributed by atoms with E-state index in [9.17, 15) is 18.7 Å². The Bertz CT molecular complexity index is 678. The van der Waals surface area contributed by atoms with Gasteiger partial charge < -0.3 is 9.47 Å². The van der Waals surface area contributed by atoms with Crippen molar-refractivity contribution in [2.24, 2.45) is 0 Å². The van der Waals surface area contributed by atoms with Gasteiger partial charge in [0.2, 0.25) is 0 Å². The first-order chi connectivity index (χ1) is 13.5. The topological polar surface area (TPSA) is 102 Å². The van der Waals surface area contributed by atoms with Crippen molar-refractivity contribution in [1.82, 2.24) is 9.34 Å². The Morgan fingerprint density at radius 2 is 1.14 bits per heavy atom. The zero-order valence-corrected chi connectivity index (χ0v) is 19.1. The van der Waals surface area contributed by atoms with Gasteiger partial charge in [-0.1, -0.05) is 25.3 Å². The Hall–Kier alpha value is -1.76. The van der Waals surface area contributed by atoms with Crippen LogP contribution in [0.15, 0.2) is 50.1 Å². The predicted octanol–water partition coefficient (Wildman–Crippen LogP) is 3.78. The van der Waals surface area contributed by atoms with Crippen LogP contribution in [0.1, 0.15) is 13.8 Å². The van der Waals surface area contributed by atoms with Crippen LogP contribution < -0.4 is 0 Å². The Morgan fingerprint density at radius 3 is 1.34 bits per heavy atom. The zero-order chi connectivity index (χ0) is 22.8. The van der Waals surface area contributed by atoms with Crippen LogP contribution in [0.25, 0.3) is 0 Å². The van der Waals surface area contributed by atoms with Gasteiger partial charge in [-0.2, -0.15) is 0 Å². The van der Waals surface area contributed by atoms with E-state index in [1.54, 1.807) is 0 Å². The molecule has 4 atom stereocenters. The summed E-state index contributed by atoms with van der Waals surface area (Å²) in [5.74, 6) is 0.579. The van der Waals surface area contributed by atoms with E-state index in [0.29, 0.717) is 0 Å². The highest BCUT2D eigenvalue weighted by molar-refractivity contribution is 7.72. The van der Waals surface area contributed by atoms with Gasteiger partial charge >= 0.3 is 27.0 Å². The summed E-state index contributed by atoms with van der Waals surface area (Å²) in [6.45, 7) is 17.0. The second-order valence-corrected chi connectivity index (χ2v) is 10.5. The minimum absolute atomic E-state index is 0.0509. The summed E-state index contributed by atoms with van der Waals surface area (Å²) in [6.07, 6.45) is 2.80. The molecule has 0 aromatic heterocycles. The van der Waals surface area contributed by atoms with E-state index in [-0.39, 0.29) is 13.1 Å². The maximum Gasteiger partial charge on any atom is 0.323 e. The van der Waals surface area contributed by atoms with E-state index >= 15 is 0 Å². The first-order valence-corrected chi connectivity index (χ1v) is 11.9. The SMILES string of the molecule is C=CCN([C@@H](C)C(=O)OC)P(=O)(C=C)OP(=O)(C=C)N(CC=C)[C@@H](C)C(=O)OC. The second kappa shape index (κ2) is 12.1. The molecule has 0 bridgehead atoms. The van der Waals surface area contributed by atoms with E-state index in [4.69, 9.17) is 13.8 Å². The Balaban J connectivity index is 6.31. The van der Waals surface area contributed by atoms with E-state index in [2.05, 4.69) is 26.3 Å². The summed E-state index contributed by atoms with van der Waals surface area (Å²) in [6, 6.07) is -2.04. The fourth-order valence-electron chi connectivity index (χ4n) is 2.41. The van der Waals surface area contributed by atoms with Crippen LogP contribution >= 0.6 is 15.0 Å². The average molecular weight is 448 g/mol. The molecule has 9 nitrogen and oxygen atoms in total. The number of ether oxygens (including phenoxy) is 2. The third-order valence-corrected chi connectivity index (χ3v) is 9.27.